The standard InChI is InChI=1S/C14H19Br2NO/c1-3-11(6-7-15)9-17-14(18)12-8-10(2)4-5-13(12)16/h4-5,8,11H,3,6-7,9H2,1-2H3,(H,17,18). The van der Waals surface area contributed by atoms with Crippen LogP contribution in [0.3, 0.4) is 0 Å². The van der Waals surface area contributed by atoms with Gasteiger partial charge in [0.25, 0.3) is 5.91 Å². The summed E-state index contributed by atoms with van der Waals surface area (Å²) >= 11 is 6.86. The van der Waals surface area contributed by atoms with Crippen LogP contribution in [0.4, 0.5) is 0 Å². The summed E-state index contributed by atoms with van der Waals surface area (Å²) in [5.41, 5.74) is 1.81. The lowest BCUT2D eigenvalue weighted by Gasteiger charge is -2.15. The summed E-state index contributed by atoms with van der Waals surface area (Å²) in [5, 5.41) is 3.99. The highest BCUT2D eigenvalue weighted by atomic mass is 79.9. The zero-order chi connectivity index (χ0) is 13.5. The van der Waals surface area contributed by atoms with Gasteiger partial charge in [-0.25, -0.2) is 0 Å². The molecule has 1 atom stereocenters. The molecule has 0 saturated carbocycles. The van der Waals surface area contributed by atoms with Crippen molar-refractivity contribution in [1.82, 2.24) is 5.32 Å². The van der Waals surface area contributed by atoms with E-state index in [1.165, 1.54) is 0 Å². The average molecular weight is 377 g/mol. The summed E-state index contributed by atoms with van der Waals surface area (Å²) in [7, 11) is 0. The minimum atomic E-state index is -0.00130. The van der Waals surface area contributed by atoms with Gasteiger partial charge in [-0.2, -0.15) is 0 Å². The van der Waals surface area contributed by atoms with E-state index in [0.29, 0.717) is 11.5 Å². The number of nitrogens with one attached hydrogen (secondary N) is 1. The van der Waals surface area contributed by atoms with Gasteiger partial charge in [-0.3, -0.25) is 4.79 Å². The van der Waals surface area contributed by atoms with Crippen molar-refractivity contribution in [2.24, 2.45) is 5.92 Å². The number of halogens is 2. The Labute approximate surface area is 126 Å². The highest BCUT2D eigenvalue weighted by Gasteiger charge is 2.12. The molecule has 0 heterocycles. The van der Waals surface area contributed by atoms with E-state index >= 15 is 0 Å². The van der Waals surface area contributed by atoms with Crippen LogP contribution in [-0.4, -0.2) is 17.8 Å². The van der Waals surface area contributed by atoms with Crippen LogP contribution in [0, 0.1) is 12.8 Å². The Morgan fingerprint density at radius 3 is 2.78 bits per heavy atom. The van der Waals surface area contributed by atoms with Crippen LogP contribution < -0.4 is 5.32 Å². The van der Waals surface area contributed by atoms with Gasteiger partial charge < -0.3 is 5.32 Å². The van der Waals surface area contributed by atoms with Gasteiger partial charge in [-0.15, -0.1) is 0 Å². The first-order valence-electron chi connectivity index (χ1n) is 6.18. The lowest BCUT2D eigenvalue weighted by atomic mass is 10.0. The van der Waals surface area contributed by atoms with Gasteiger partial charge in [0.1, 0.15) is 0 Å². The predicted molar refractivity (Wildman–Crippen MR) is 83.4 cm³/mol. The molecule has 0 saturated heterocycles. The second-order valence-electron chi connectivity index (χ2n) is 4.45. The minimum Gasteiger partial charge on any atom is -0.352 e. The van der Waals surface area contributed by atoms with Gasteiger partial charge in [-0.05, 0) is 47.3 Å². The van der Waals surface area contributed by atoms with Crippen LogP contribution >= 0.6 is 31.9 Å². The second kappa shape index (κ2) is 7.95. The summed E-state index contributed by atoms with van der Waals surface area (Å²) in [6.45, 7) is 4.88. The molecule has 0 radical (unpaired) electrons. The number of alkyl halides is 1. The molecule has 0 aliphatic heterocycles. The molecule has 18 heavy (non-hydrogen) atoms. The molecular weight excluding hydrogens is 358 g/mol. The molecule has 0 aliphatic carbocycles. The molecule has 1 aromatic carbocycles. The van der Waals surface area contributed by atoms with Gasteiger partial charge >= 0.3 is 0 Å². The Hall–Kier alpha value is -0.350. The molecule has 1 amide bonds. The number of benzene rings is 1. The first-order valence-corrected chi connectivity index (χ1v) is 8.10. The Kier molecular flexibility index (Phi) is 6.94. The summed E-state index contributed by atoms with van der Waals surface area (Å²) in [5.74, 6) is 0.538. The molecule has 2 nitrogen and oxygen atoms in total. The van der Waals surface area contributed by atoms with E-state index in [2.05, 4.69) is 44.1 Å². The van der Waals surface area contributed by atoms with Crippen LogP contribution in [0.2, 0.25) is 0 Å². The SMILES string of the molecule is CCC(CCBr)CNC(=O)c1cc(C)ccc1Br. The third-order valence-corrected chi connectivity index (χ3v) is 4.16. The lowest BCUT2D eigenvalue weighted by molar-refractivity contribution is 0.0945. The summed E-state index contributed by atoms with van der Waals surface area (Å²) in [6, 6.07) is 5.81. The number of carbonyl (C=O) groups excluding carboxylic acids is 1. The third kappa shape index (κ3) is 4.73. The van der Waals surface area contributed by atoms with E-state index in [1.54, 1.807) is 0 Å². The lowest BCUT2D eigenvalue weighted by Crippen LogP contribution is -2.29. The monoisotopic (exact) mass is 375 g/mol. The van der Waals surface area contributed by atoms with Crippen molar-refractivity contribution < 1.29 is 4.79 Å². The van der Waals surface area contributed by atoms with Crippen LogP contribution in [0.5, 0.6) is 0 Å². The van der Waals surface area contributed by atoms with Gasteiger partial charge in [-0.1, -0.05) is 40.9 Å². The maximum atomic E-state index is 12.1. The first-order chi connectivity index (χ1) is 8.58. The topological polar surface area (TPSA) is 29.1 Å². The van der Waals surface area contributed by atoms with Crippen molar-refractivity contribution in [1.29, 1.82) is 0 Å². The number of aryl methyl sites for hydroxylation is 1. The molecule has 0 fully saturated rings. The van der Waals surface area contributed by atoms with Crippen LogP contribution in [-0.2, 0) is 0 Å². The largest absolute Gasteiger partial charge is 0.352 e. The maximum absolute atomic E-state index is 12.1. The predicted octanol–water partition coefficient (Wildman–Crippen LogP) is 4.30. The molecule has 100 valence electrons. The molecule has 4 heteroatoms. The van der Waals surface area contributed by atoms with Crippen molar-refractivity contribution in [2.45, 2.75) is 26.7 Å². The molecule has 0 aromatic heterocycles. The van der Waals surface area contributed by atoms with Crippen molar-refractivity contribution in [3.63, 3.8) is 0 Å². The number of rotatable bonds is 6. The summed E-state index contributed by atoms with van der Waals surface area (Å²) < 4.78 is 0.846. The van der Waals surface area contributed by atoms with Gasteiger partial charge in [0.2, 0.25) is 0 Å². The Bertz CT molecular complexity index is 407. The Balaban J connectivity index is 2.62. The van der Waals surface area contributed by atoms with Crippen LogP contribution in [0.25, 0.3) is 0 Å². The van der Waals surface area contributed by atoms with E-state index in [4.69, 9.17) is 0 Å². The molecule has 0 bridgehead atoms. The molecular formula is C14H19Br2NO. The number of hydrogen-bond acceptors (Lipinski definition) is 1. The third-order valence-electron chi connectivity index (χ3n) is 3.01. The van der Waals surface area contributed by atoms with E-state index in [0.717, 1.165) is 34.8 Å². The number of hydrogen-bond donors (Lipinski definition) is 1. The quantitative estimate of drug-likeness (QED) is 0.737. The van der Waals surface area contributed by atoms with E-state index in [1.807, 2.05) is 25.1 Å². The second-order valence-corrected chi connectivity index (χ2v) is 6.09. The Morgan fingerprint density at radius 1 is 1.44 bits per heavy atom. The molecule has 1 rings (SSSR count). The smallest absolute Gasteiger partial charge is 0.252 e. The van der Waals surface area contributed by atoms with Gasteiger partial charge in [0, 0.05) is 16.3 Å². The van der Waals surface area contributed by atoms with Crippen molar-refractivity contribution in [3.8, 4) is 0 Å². The van der Waals surface area contributed by atoms with Crippen LogP contribution in [0.1, 0.15) is 35.7 Å². The zero-order valence-corrected chi connectivity index (χ0v) is 14.0. The average Bonchev–Trinajstić information content (AvgIpc) is 2.37. The highest BCUT2D eigenvalue weighted by Crippen LogP contribution is 2.18. The molecule has 0 spiro atoms. The maximum Gasteiger partial charge on any atom is 0.252 e. The minimum absolute atomic E-state index is 0.00130. The van der Waals surface area contributed by atoms with E-state index in [9.17, 15) is 4.79 Å². The summed E-state index contributed by atoms with van der Waals surface area (Å²) in [6.07, 6.45) is 2.17. The fourth-order valence-corrected chi connectivity index (χ4v) is 2.82. The fourth-order valence-electron chi connectivity index (χ4n) is 1.75. The molecule has 1 N–H and O–H groups in total. The van der Waals surface area contributed by atoms with Crippen LogP contribution in [0.15, 0.2) is 22.7 Å². The van der Waals surface area contributed by atoms with Gasteiger partial charge in [0.05, 0.1) is 5.56 Å². The zero-order valence-electron chi connectivity index (χ0n) is 10.8. The van der Waals surface area contributed by atoms with Crippen molar-refractivity contribution in [2.75, 3.05) is 11.9 Å². The molecule has 1 aromatic rings. The Morgan fingerprint density at radius 2 is 2.17 bits per heavy atom. The summed E-state index contributed by atoms with van der Waals surface area (Å²) in [4.78, 5) is 12.1. The van der Waals surface area contributed by atoms with Gasteiger partial charge in [0.15, 0.2) is 0 Å². The van der Waals surface area contributed by atoms with E-state index < -0.39 is 0 Å². The normalized spacial score (nSPS) is 12.2. The first kappa shape index (κ1) is 15.7. The number of carbonyl (C=O) groups is 1. The molecule has 0 aliphatic rings. The highest BCUT2D eigenvalue weighted by molar-refractivity contribution is 9.10. The molecule has 1 unspecified atom stereocenters. The van der Waals surface area contributed by atoms with Crippen molar-refractivity contribution >= 4 is 37.8 Å². The van der Waals surface area contributed by atoms with E-state index in [-0.39, 0.29) is 5.91 Å². The number of amides is 1. The van der Waals surface area contributed by atoms with Crippen molar-refractivity contribution in [3.05, 3.63) is 33.8 Å². The fraction of sp³-hybridized carbons (Fsp3) is 0.500.